The Morgan fingerprint density at radius 3 is 2.68 bits per heavy atom. The quantitative estimate of drug-likeness (QED) is 0.731. The van der Waals surface area contributed by atoms with Crippen LogP contribution in [0.2, 0.25) is 5.02 Å². The number of benzene rings is 2. The summed E-state index contributed by atoms with van der Waals surface area (Å²) in [6, 6.07) is 13.5. The molecule has 0 unspecified atom stereocenters. The highest BCUT2D eigenvalue weighted by molar-refractivity contribution is 6.31. The first-order valence-electron chi connectivity index (χ1n) is 7.20. The van der Waals surface area contributed by atoms with Crippen LogP contribution in [0.1, 0.15) is 11.1 Å². The molecule has 0 saturated carbocycles. The third kappa shape index (κ3) is 4.63. The molecule has 2 rings (SSSR count). The van der Waals surface area contributed by atoms with Crippen LogP contribution >= 0.6 is 11.6 Å². The second kappa shape index (κ2) is 8.63. The number of ether oxygens (including phenoxy) is 2. The summed E-state index contributed by atoms with van der Waals surface area (Å²) in [6.45, 7) is 2.05. The van der Waals surface area contributed by atoms with Crippen LogP contribution in [-0.4, -0.2) is 25.4 Å². The first-order valence-corrected chi connectivity index (χ1v) is 7.58. The van der Waals surface area contributed by atoms with E-state index in [4.69, 9.17) is 26.2 Å². The van der Waals surface area contributed by atoms with E-state index in [0.29, 0.717) is 29.7 Å². The van der Waals surface area contributed by atoms with Crippen molar-refractivity contribution in [2.24, 2.45) is 0 Å². The predicted octanol–water partition coefficient (Wildman–Crippen LogP) is 1.98. The number of nitrogens with two attached hydrogens (primary N) is 1. The summed E-state index contributed by atoms with van der Waals surface area (Å²) in [5.41, 5.74) is 2.06. The topological polar surface area (TPSA) is 55.3 Å². The first-order chi connectivity index (χ1) is 10.7. The fraction of sp³-hybridized carbons (Fsp3) is 0.294. The van der Waals surface area contributed by atoms with E-state index in [2.05, 4.69) is 0 Å². The molecule has 0 spiro atoms. The highest BCUT2D eigenvalue weighted by Gasteiger charge is 2.08. The molecule has 3 N–H and O–H groups in total. The fourth-order valence-electron chi connectivity index (χ4n) is 2.09. The molecule has 0 aromatic heterocycles. The standard InChI is InChI=1S/C17H20ClNO3/c1-21-17-10-13(11-19-8-9-20)6-7-16(17)22-12-14-4-2-3-5-15(14)18/h2-7,10,19-20H,8-9,11-12H2,1H3/p+1. The molecule has 0 fully saturated rings. The summed E-state index contributed by atoms with van der Waals surface area (Å²) < 4.78 is 11.2. The zero-order valence-electron chi connectivity index (χ0n) is 12.6. The largest absolute Gasteiger partial charge is 0.493 e. The van der Waals surface area contributed by atoms with E-state index in [1.165, 1.54) is 0 Å². The average molecular weight is 323 g/mol. The molecule has 2 aromatic rings. The molecule has 0 heterocycles. The molecule has 22 heavy (non-hydrogen) atoms. The Balaban J connectivity index is 2.03. The second-order valence-electron chi connectivity index (χ2n) is 4.87. The van der Waals surface area contributed by atoms with Gasteiger partial charge in [-0.3, -0.25) is 0 Å². The number of aliphatic hydroxyl groups excluding tert-OH is 1. The van der Waals surface area contributed by atoms with Crippen LogP contribution in [-0.2, 0) is 13.2 Å². The van der Waals surface area contributed by atoms with Crippen molar-refractivity contribution in [1.29, 1.82) is 0 Å². The molecular formula is C17H21ClNO3+. The molecular weight excluding hydrogens is 302 g/mol. The second-order valence-corrected chi connectivity index (χ2v) is 5.28. The number of quaternary nitrogens is 1. The van der Waals surface area contributed by atoms with Crippen molar-refractivity contribution in [3.05, 3.63) is 58.6 Å². The maximum atomic E-state index is 8.80. The number of hydrogen-bond acceptors (Lipinski definition) is 3. The minimum Gasteiger partial charge on any atom is -0.493 e. The molecule has 5 heteroatoms. The molecule has 0 aliphatic heterocycles. The van der Waals surface area contributed by atoms with E-state index >= 15 is 0 Å². The summed E-state index contributed by atoms with van der Waals surface area (Å²) in [4.78, 5) is 0. The number of aliphatic hydroxyl groups is 1. The molecule has 0 aliphatic carbocycles. The summed E-state index contributed by atoms with van der Waals surface area (Å²) in [7, 11) is 1.62. The highest BCUT2D eigenvalue weighted by atomic mass is 35.5. The van der Waals surface area contributed by atoms with Crippen molar-refractivity contribution in [3.63, 3.8) is 0 Å². The molecule has 0 saturated heterocycles. The lowest BCUT2D eigenvalue weighted by Gasteiger charge is -2.12. The summed E-state index contributed by atoms with van der Waals surface area (Å²) in [5, 5.41) is 11.5. The van der Waals surface area contributed by atoms with Crippen LogP contribution in [0.15, 0.2) is 42.5 Å². The Labute approximate surface area is 135 Å². The molecule has 4 nitrogen and oxygen atoms in total. The minimum absolute atomic E-state index is 0.177. The Morgan fingerprint density at radius 1 is 1.14 bits per heavy atom. The van der Waals surface area contributed by atoms with Crippen molar-refractivity contribution < 1.29 is 19.9 Å². The third-order valence-electron chi connectivity index (χ3n) is 3.28. The van der Waals surface area contributed by atoms with E-state index < -0.39 is 0 Å². The predicted molar refractivity (Wildman–Crippen MR) is 86.4 cm³/mol. The van der Waals surface area contributed by atoms with Gasteiger partial charge in [0.25, 0.3) is 0 Å². The Bertz CT molecular complexity index is 604. The Morgan fingerprint density at radius 2 is 1.95 bits per heavy atom. The Kier molecular flexibility index (Phi) is 6.52. The lowest BCUT2D eigenvalue weighted by atomic mass is 10.2. The van der Waals surface area contributed by atoms with E-state index in [1.807, 2.05) is 47.8 Å². The van der Waals surface area contributed by atoms with Gasteiger partial charge < -0.3 is 19.9 Å². The lowest BCUT2D eigenvalue weighted by molar-refractivity contribution is -0.671. The molecule has 118 valence electrons. The van der Waals surface area contributed by atoms with Gasteiger partial charge in [-0.15, -0.1) is 0 Å². The van der Waals surface area contributed by atoms with Crippen molar-refractivity contribution in [3.8, 4) is 11.5 Å². The summed E-state index contributed by atoms with van der Waals surface area (Å²) >= 11 is 6.12. The SMILES string of the molecule is COc1cc(C[NH2+]CCO)ccc1OCc1ccccc1Cl. The van der Waals surface area contributed by atoms with E-state index in [0.717, 1.165) is 17.7 Å². The van der Waals surface area contributed by atoms with Crippen molar-refractivity contribution >= 4 is 11.6 Å². The molecule has 0 atom stereocenters. The summed E-state index contributed by atoms with van der Waals surface area (Å²) in [5.74, 6) is 1.38. The van der Waals surface area contributed by atoms with Crippen LogP contribution in [0, 0.1) is 0 Å². The molecule has 0 amide bonds. The van der Waals surface area contributed by atoms with Gasteiger partial charge in [0.1, 0.15) is 13.2 Å². The zero-order valence-corrected chi connectivity index (χ0v) is 13.3. The number of methoxy groups -OCH3 is 1. The smallest absolute Gasteiger partial charge is 0.161 e. The van der Waals surface area contributed by atoms with E-state index in [-0.39, 0.29) is 6.61 Å². The van der Waals surface area contributed by atoms with Crippen LogP contribution in [0.3, 0.4) is 0 Å². The molecule has 0 aliphatic rings. The third-order valence-corrected chi connectivity index (χ3v) is 3.65. The van der Waals surface area contributed by atoms with Crippen LogP contribution in [0.4, 0.5) is 0 Å². The van der Waals surface area contributed by atoms with Crippen molar-refractivity contribution in [1.82, 2.24) is 0 Å². The minimum atomic E-state index is 0.177. The highest BCUT2D eigenvalue weighted by Crippen LogP contribution is 2.29. The maximum Gasteiger partial charge on any atom is 0.161 e. The number of halogens is 1. The van der Waals surface area contributed by atoms with Gasteiger partial charge in [0.15, 0.2) is 11.5 Å². The molecule has 0 radical (unpaired) electrons. The van der Waals surface area contributed by atoms with Gasteiger partial charge in [0.05, 0.1) is 20.3 Å². The van der Waals surface area contributed by atoms with Gasteiger partial charge in [0, 0.05) is 16.1 Å². The molecule has 2 aromatic carbocycles. The number of rotatable bonds is 8. The normalized spacial score (nSPS) is 10.5. The number of hydrogen-bond donors (Lipinski definition) is 2. The average Bonchev–Trinajstić information content (AvgIpc) is 2.55. The van der Waals surface area contributed by atoms with Crippen LogP contribution in [0.5, 0.6) is 11.5 Å². The van der Waals surface area contributed by atoms with Gasteiger partial charge in [-0.1, -0.05) is 29.8 Å². The van der Waals surface area contributed by atoms with E-state index in [1.54, 1.807) is 7.11 Å². The monoisotopic (exact) mass is 322 g/mol. The Hall–Kier alpha value is -1.75. The van der Waals surface area contributed by atoms with Gasteiger partial charge >= 0.3 is 0 Å². The molecule has 0 bridgehead atoms. The maximum absolute atomic E-state index is 8.80. The van der Waals surface area contributed by atoms with Crippen molar-refractivity contribution in [2.45, 2.75) is 13.2 Å². The zero-order chi connectivity index (χ0) is 15.8. The van der Waals surface area contributed by atoms with Gasteiger partial charge in [-0.05, 0) is 24.3 Å². The van der Waals surface area contributed by atoms with Crippen LogP contribution < -0.4 is 14.8 Å². The van der Waals surface area contributed by atoms with Gasteiger partial charge in [0.2, 0.25) is 0 Å². The van der Waals surface area contributed by atoms with Crippen LogP contribution in [0.25, 0.3) is 0 Å². The lowest BCUT2D eigenvalue weighted by Crippen LogP contribution is -2.83. The summed E-state index contributed by atoms with van der Waals surface area (Å²) in [6.07, 6.45) is 0. The first kappa shape index (κ1) is 16.6. The van der Waals surface area contributed by atoms with Gasteiger partial charge in [-0.2, -0.15) is 0 Å². The van der Waals surface area contributed by atoms with E-state index in [9.17, 15) is 0 Å². The van der Waals surface area contributed by atoms with Gasteiger partial charge in [-0.25, -0.2) is 0 Å². The fourth-order valence-corrected chi connectivity index (χ4v) is 2.28. The van der Waals surface area contributed by atoms with Crippen molar-refractivity contribution in [2.75, 3.05) is 20.3 Å².